The van der Waals surface area contributed by atoms with E-state index < -0.39 is 10.0 Å². The zero-order chi connectivity index (χ0) is 19.4. The van der Waals surface area contributed by atoms with Crippen molar-refractivity contribution in [3.8, 4) is 0 Å². The molecule has 8 heteroatoms. The van der Waals surface area contributed by atoms with E-state index in [1.54, 1.807) is 13.8 Å². The first-order valence-electron chi connectivity index (χ1n) is 10.2. The number of amides is 1. The highest BCUT2D eigenvalue weighted by Crippen LogP contribution is 2.28. The molecular weight excluding hydrogens is 364 g/mol. The number of carbonyl (C=O) groups excluding carboxylic acids is 1. The number of piperidine rings is 1. The molecule has 7 nitrogen and oxygen atoms in total. The van der Waals surface area contributed by atoms with Crippen LogP contribution < -0.4 is 4.72 Å². The van der Waals surface area contributed by atoms with Crippen molar-refractivity contribution in [2.45, 2.75) is 82.6 Å². The van der Waals surface area contributed by atoms with Gasteiger partial charge >= 0.3 is 0 Å². The first-order valence-corrected chi connectivity index (χ1v) is 11.7. The predicted octanol–water partition coefficient (Wildman–Crippen LogP) is 2.66. The summed E-state index contributed by atoms with van der Waals surface area (Å²) in [6.45, 7) is 4.65. The van der Waals surface area contributed by atoms with Crippen LogP contribution in [0.15, 0.2) is 4.90 Å². The van der Waals surface area contributed by atoms with Gasteiger partial charge < -0.3 is 4.90 Å². The molecule has 0 bridgehead atoms. The van der Waals surface area contributed by atoms with Crippen LogP contribution in [0.1, 0.15) is 69.2 Å². The van der Waals surface area contributed by atoms with E-state index in [-0.39, 0.29) is 16.8 Å². The maximum absolute atomic E-state index is 12.6. The maximum Gasteiger partial charge on any atom is 0.244 e. The average molecular weight is 397 g/mol. The van der Waals surface area contributed by atoms with E-state index in [4.69, 9.17) is 0 Å². The molecule has 0 unspecified atom stereocenters. The van der Waals surface area contributed by atoms with Gasteiger partial charge in [0, 0.05) is 25.6 Å². The summed E-state index contributed by atoms with van der Waals surface area (Å²) in [4.78, 5) is 14.6. The number of aromatic nitrogens is 2. The first-order chi connectivity index (χ1) is 12.9. The molecule has 1 aliphatic heterocycles. The number of rotatable bonds is 6. The minimum Gasteiger partial charge on any atom is -0.343 e. The normalized spacial score (nSPS) is 20.1. The fourth-order valence-electron chi connectivity index (χ4n) is 4.42. The quantitative estimate of drug-likeness (QED) is 0.773. The van der Waals surface area contributed by atoms with Crippen molar-refractivity contribution in [1.29, 1.82) is 0 Å². The van der Waals surface area contributed by atoms with Gasteiger partial charge in [0.25, 0.3) is 0 Å². The fraction of sp³-hybridized carbons (Fsp3) is 0.789. The van der Waals surface area contributed by atoms with E-state index in [1.807, 2.05) is 4.90 Å². The number of carbonyl (C=O) groups is 1. The number of likely N-dealkylation sites (tertiary alicyclic amines) is 1. The largest absolute Gasteiger partial charge is 0.343 e. The molecule has 0 atom stereocenters. The van der Waals surface area contributed by atoms with Crippen LogP contribution in [0.3, 0.4) is 0 Å². The second-order valence-corrected chi connectivity index (χ2v) is 9.73. The molecule has 2 N–H and O–H groups in total. The lowest BCUT2D eigenvalue weighted by atomic mass is 9.86. The zero-order valence-electron chi connectivity index (χ0n) is 16.5. The topological polar surface area (TPSA) is 95.2 Å². The van der Waals surface area contributed by atoms with Gasteiger partial charge in [-0.15, -0.1) is 0 Å². The van der Waals surface area contributed by atoms with Crippen LogP contribution in [0, 0.1) is 19.8 Å². The standard InChI is InChI=1S/C19H32N4O3S/c1-14-19(15(2)21-20-14)27(25,26)22-17-10-12-23(13-11-17)18(24)9-8-16-6-4-3-5-7-16/h16-17,22H,3-13H2,1-2H3,(H,20,21). The molecule has 27 heavy (non-hydrogen) atoms. The summed E-state index contributed by atoms with van der Waals surface area (Å²) in [5.74, 6) is 0.942. The van der Waals surface area contributed by atoms with Crippen molar-refractivity contribution in [2.24, 2.45) is 5.92 Å². The number of aromatic amines is 1. The van der Waals surface area contributed by atoms with Crippen molar-refractivity contribution in [3.05, 3.63) is 11.4 Å². The summed E-state index contributed by atoms with van der Waals surface area (Å²) in [5, 5.41) is 6.69. The van der Waals surface area contributed by atoms with Crippen LogP contribution in [0.5, 0.6) is 0 Å². The minimum absolute atomic E-state index is 0.133. The minimum atomic E-state index is -3.59. The van der Waals surface area contributed by atoms with Gasteiger partial charge in [-0.2, -0.15) is 5.10 Å². The molecule has 0 aromatic carbocycles. The smallest absolute Gasteiger partial charge is 0.244 e. The van der Waals surface area contributed by atoms with Gasteiger partial charge in [0.15, 0.2) is 0 Å². The third-order valence-electron chi connectivity index (χ3n) is 5.99. The van der Waals surface area contributed by atoms with Crippen LogP contribution >= 0.6 is 0 Å². The number of nitrogens with one attached hydrogen (secondary N) is 2. The Balaban J connectivity index is 1.46. The summed E-state index contributed by atoms with van der Waals surface area (Å²) >= 11 is 0. The molecule has 0 radical (unpaired) electrons. The highest BCUT2D eigenvalue weighted by Gasteiger charge is 2.29. The van der Waals surface area contributed by atoms with Crippen LogP contribution in [0.25, 0.3) is 0 Å². The van der Waals surface area contributed by atoms with Gasteiger partial charge in [-0.3, -0.25) is 9.89 Å². The lowest BCUT2D eigenvalue weighted by Gasteiger charge is -2.33. The van der Waals surface area contributed by atoms with Crippen LogP contribution in [0.2, 0.25) is 0 Å². The van der Waals surface area contributed by atoms with Crippen LogP contribution in [-0.2, 0) is 14.8 Å². The predicted molar refractivity (Wildman–Crippen MR) is 104 cm³/mol. The monoisotopic (exact) mass is 396 g/mol. The van der Waals surface area contributed by atoms with Gasteiger partial charge in [-0.05, 0) is 39.0 Å². The number of hydrogen-bond acceptors (Lipinski definition) is 4. The Labute approximate surface area is 162 Å². The lowest BCUT2D eigenvalue weighted by Crippen LogP contribution is -2.46. The number of hydrogen-bond donors (Lipinski definition) is 2. The number of nitrogens with zero attached hydrogens (tertiary/aromatic N) is 2. The Morgan fingerprint density at radius 2 is 1.81 bits per heavy atom. The van der Waals surface area contributed by atoms with Crippen molar-refractivity contribution >= 4 is 15.9 Å². The van der Waals surface area contributed by atoms with Gasteiger partial charge in [-0.25, -0.2) is 13.1 Å². The molecule has 1 amide bonds. The zero-order valence-corrected chi connectivity index (χ0v) is 17.3. The molecule has 1 saturated carbocycles. The molecule has 1 aliphatic carbocycles. The Hall–Kier alpha value is -1.41. The lowest BCUT2D eigenvalue weighted by molar-refractivity contribution is -0.132. The van der Waals surface area contributed by atoms with Gasteiger partial charge in [0.05, 0.1) is 11.4 Å². The Morgan fingerprint density at radius 1 is 1.15 bits per heavy atom. The van der Waals surface area contributed by atoms with Gasteiger partial charge in [0.2, 0.25) is 15.9 Å². The molecule has 152 valence electrons. The molecule has 1 aromatic rings. The van der Waals surface area contributed by atoms with E-state index in [1.165, 1.54) is 32.1 Å². The van der Waals surface area contributed by atoms with E-state index >= 15 is 0 Å². The molecule has 2 aliphatic rings. The Morgan fingerprint density at radius 3 is 2.41 bits per heavy atom. The Kier molecular flexibility index (Phi) is 6.57. The summed E-state index contributed by atoms with van der Waals surface area (Å²) < 4.78 is 28.1. The van der Waals surface area contributed by atoms with Crippen molar-refractivity contribution in [1.82, 2.24) is 19.8 Å². The van der Waals surface area contributed by atoms with Gasteiger partial charge in [-0.1, -0.05) is 32.1 Å². The van der Waals surface area contributed by atoms with E-state index in [0.717, 1.165) is 6.42 Å². The van der Waals surface area contributed by atoms with Crippen molar-refractivity contribution in [3.63, 3.8) is 0 Å². The SMILES string of the molecule is Cc1n[nH]c(C)c1S(=O)(=O)NC1CCN(C(=O)CCC2CCCCC2)CC1. The third-order valence-corrected chi connectivity index (χ3v) is 7.77. The fourth-order valence-corrected chi connectivity index (χ4v) is 6.10. The number of H-pyrrole nitrogens is 1. The molecule has 3 rings (SSSR count). The molecule has 1 aromatic heterocycles. The van der Waals surface area contributed by atoms with Crippen molar-refractivity contribution < 1.29 is 13.2 Å². The third kappa shape index (κ3) is 5.10. The first kappa shape index (κ1) is 20.3. The molecule has 1 saturated heterocycles. The molecule has 2 fully saturated rings. The van der Waals surface area contributed by atoms with Crippen molar-refractivity contribution in [2.75, 3.05) is 13.1 Å². The summed E-state index contributed by atoms with van der Waals surface area (Å²) in [6, 6.07) is -0.133. The van der Waals surface area contributed by atoms with E-state index in [9.17, 15) is 13.2 Å². The highest BCUT2D eigenvalue weighted by atomic mass is 32.2. The second kappa shape index (κ2) is 8.73. The molecule has 2 heterocycles. The maximum atomic E-state index is 12.6. The number of aryl methyl sites for hydroxylation is 2. The summed E-state index contributed by atoms with van der Waals surface area (Å²) in [6.07, 6.45) is 9.44. The van der Waals surface area contributed by atoms with E-state index in [2.05, 4.69) is 14.9 Å². The van der Waals surface area contributed by atoms with Crippen LogP contribution in [0.4, 0.5) is 0 Å². The number of sulfonamides is 1. The van der Waals surface area contributed by atoms with Crippen LogP contribution in [-0.4, -0.2) is 48.6 Å². The summed E-state index contributed by atoms with van der Waals surface area (Å²) in [7, 11) is -3.59. The second-order valence-electron chi connectivity index (χ2n) is 8.08. The van der Waals surface area contributed by atoms with Gasteiger partial charge in [0.1, 0.15) is 4.90 Å². The summed E-state index contributed by atoms with van der Waals surface area (Å²) in [5.41, 5.74) is 1.03. The molecule has 0 spiro atoms. The molecular formula is C19H32N4O3S. The average Bonchev–Trinajstić information content (AvgIpc) is 3.00. The van der Waals surface area contributed by atoms with E-state index in [0.29, 0.717) is 49.7 Å². The highest BCUT2D eigenvalue weighted by molar-refractivity contribution is 7.89. The Bertz CT molecular complexity index is 726.